The Morgan fingerprint density at radius 2 is 2.07 bits per heavy atom. The first kappa shape index (κ1) is 10.6. The van der Waals surface area contributed by atoms with E-state index in [2.05, 4.69) is 0 Å². The smallest absolute Gasteiger partial charge is 0.206 e. The van der Waals surface area contributed by atoms with Crippen LogP contribution in [-0.2, 0) is 6.42 Å². The monoisotopic (exact) mass is 199 g/mol. The zero-order valence-electron chi connectivity index (χ0n) is 7.30. The Kier molecular flexibility index (Phi) is 3.52. The van der Waals surface area contributed by atoms with Crippen molar-refractivity contribution in [3.63, 3.8) is 0 Å². The Morgan fingerprint density at radius 3 is 2.57 bits per heavy atom. The lowest BCUT2D eigenvalue weighted by molar-refractivity contribution is 0.146. The molecule has 0 spiro atoms. The van der Waals surface area contributed by atoms with Crippen molar-refractivity contribution in [2.24, 2.45) is 0 Å². The van der Waals surface area contributed by atoms with Crippen LogP contribution in [0.3, 0.4) is 0 Å². The van der Waals surface area contributed by atoms with Crippen molar-refractivity contribution in [3.05, 3.63) is 35.1 Å². The van der Waals surface area contributed by atoms with E-state index in [4.69, 9.17) is 5.26 Å². The first-order valence-corrected chi connectivity index (χ1v) is 4.08. The van der Waals surface area contributed by atoms with Crippen LogP contribution >= 0.6 is 0 Å². The summed E-state index contributed by atoms with van der Waals surface area (Å²) in [6, 6.07) is 5.44. The first-order chi connectivity index (χ1) is 6.65. The third kappa shape index (κ3) is 2.49. The molecule has 0 unspecified atom stereocenters. The van der Waals surface area contributed by atoms with Crippen LogP contribution in [0.25, 0.3) is 0 Å². The average Bonchev–Trinajstić information content (AvgIpc) is 2.14. The number of aryl methyl sites for hydroxylation is 1. The van der Waals surface area contributed by atoms with E-state index in [1.165, 1.54) is 6.07 Å². The topological polar surface area (TPSA) is 23.8 Å². The number of alkyl halides is 2. The molecule has 1 nitrogen and oxygen atoms in total. The van der Waals surface area contributed by atoms with Gasteiger partial charge in [0.25, 0.3) is 6.43 Å². The van der Waals surface area contributed by atoms with E-state index in [0.717, 1.165) is 12.1 Å². The fraction of sp³-hybridized carbons (Fsp3) is 0.300. The van der Waals surface area contributed by atoms with Gasteiger partial charge in [0.15, 0.2) is 0 Å². The van der Waals surface area contributed by atoms with Gasteiger partial charge in [-0.1, -0.05) is 12.1 Å². The maximum absolute atomic E-state index is 13.0. The molecule has 74 valence electrons. The van der Waals surface area contributed by atoms with Gasteiger partial charge >= 0.3 is 0 Å². The van der Waals surface area contributed by atoms with Crippen molar-refractivity contribution in [2.75, 3.05) is 0 Å². The van der Waals surface area contributed by atoms with Crippen molar-refractivity contribution in [1.29, 1.82) is 5.26 Å². The second-order valence-electron chi connectivity index (χ2n) is 2.81. The number of nitriles is 1. The van der Waals surface area contributed by atoms with Gasteiger partial charge in [-0.3, -0.25) is 0 Å². The van der Waals surface area contributed by atoms with Crippen LogP contribution in [0.1, 0.15) is 24.0 Å². The van der Waals surface area contributed by atoms with E-state index in [0.29, 0.717) is 12.0 Å². The number of nitrogens with zero attached hydrogens (tertiary/aromatic N) is 1. The summed E-state index contributed by atoms with van der Waals surface area (Å²) in [6.45, 7) is 0. The maximum Gasteiger partial charge on any atom is 0.266 e. The Bertz CT molecular complexity index is 355. The largest absolute Gasteiger partial charge is 0.266 e. The minimum atomic E-state index is -2.79. The van der Waals surface area contributed by atoms with Crippen LogP contribution in [0.4, 0.5) is 13.2 Å². The lowest BCUT2D eigenvalue weighted by Crippen LogP contribution is -1.93. The summed E-state index contributed by atoms with van der Waals surface area (Å²) in [5.41, 5.74) is -0.0286. The highest BCUT2D eigenvalue weighted by Gasteiger charge is 2.12. The molecule has 0 N–H and O–H groups in total. The molecule has 0 atom stereocenters. The van der Waals surface area contributed by atoms with Gasteiger partial charge in [-0.2, -0.15) is 5.26 Å². The quantitative estimate of drug-likeness (QED) is 0.733. The van der Waals surface area contributed by atoms with Crippen LogP contribution in [0.15, 0.2) is 18.2 Å². The normalized spacial score (nSPS) is 10.2. The fourth-order valence-corrected chi connectivity index (χ4v) is 1.10. The maximum atomic E-state index is 13.0. The van der Waals surface area contributed by atoms with Crippen LogP contribution in [0.5, 0.6) is 0 Å². The van der Waals surface area contributed by atoms with Crippen molar-refractivity contribution in [2.45, 2.75) is 19.3 Å². The number of rotatable bonds is 3. The van der Waals surface area contributed by atoms with Crippen molar-refractivity contribution in [1.82, 2.24) is 0 Å². The first-order valence-electron chi connectivity index (χ1n) is 4.08. The molecule has 0 bridgehead atoms. The van der Waals surface area contributed by atoms with Gasteiger partial charge < -0.3 is 0 Å². The highest BCUT2D eigenvalue weighted by Crippen LogP contribution is 2.22. The SMILES string of the molecule is N#CCCc1ccc(C(F)F)c(F)c1. The minimum Gasteiger partial charge on any atom is -0.206 e. The number of hydrogen-bond acceptors (Lipinski definition) is 1. The van der Waals surface area contributed by atoms with Gasteiger partial charge in [0, 0.05) is 6.42 Å². The van der Waals surface area contributed by atoms with Gasteiger partial charge in [0.05, 0.1) is 11.6 Å². The zero-order valence-corrected chi connectivity index (χ0v) is 7.30. The van der Waals surface area contributed by atoms with Gasteiger partial charge in [0.1, 0.15) is 5.82 Å². The predicted octanol–water partition coefficient (Wildman–Crippen LogP) is 3.22. The Hall–Kier alpha value is -1.50. The molecule has 4 heteroatoms. The lowest BCUT2D eigenvalue weighted by atomic mass is 10.1. The number of hydrogen-bond donors (Lipinski definition) is 0. The molecule has 0 aliphatic rings. The molecule has 1 rings (SSSR count). The third-order valence-electron chi connectivity index (χ3n) is 1.83. The summed E-state index contributed by atoms with van der Waals surface area (Å²) in [5.74, 6) is -0.907. The highest BCUT2D eigenvalue weighted by molar-refractivity contribution is 5.25. The second kappa shape index (κ2) is 4.66. The Morgan fingerprint density at radius 1 is 1.36 bits per heavy atom. The van der Waals surface area contributed by atoms with Crippen LogP contribution < -0.4 is 0 Å². The summed E-state index contributed by atoms with van der Waals surface area (Å²) in [7, 11) is 0. The molecule has 1 aromatic carbocycles. The van der Waals surface area contributed by atoms with Crippen molar-refractivity contribution in [3.8, 4) is 6.07 Å². The lowest BCUT2D eigenvalue weighted by Gasteiger charge is -2.03. The summed E-state index contributed by atoms with van der Waals surface area (Å²) >= 11 is 0. The van der Waals surface area contributed by atoms with Gasteiger partial charge in [-0.15, -0.1) is 0 Å². The molecule has 0 aliphatic carbocycles. The third-order valence-corrected chi connectivity index (χ3v) is 1.83. The summed E-state index contributed by atoms with van der Waals surface area (Å²) in [5, 5.41) is 8.28. The molecule has 0 amide bonds. The molecule has 0 aromatic heterocycles. The van der Waals surface area contributed by atoms with Gasteiger partial charge in [0.2, 0.25) is 0 Å². The molecular weight excluding hydrogens is 191 g/mol. The van der Waals surface area contributed by atoms with E-state index >= 15 is 0 Å². The molecular formula is C10H8F3N. The molecule has 0 aliphatic heterocycles. The standard InChI is InChI=1S/C10H8F3N/c11-9-6-7(2-1-5-14)3-4-8(9)10(12)13/h3-4,6,10H,1-2H2. The van der Waals surface area contributed by atoms with E-state index < -0.39 is 17.8 Å². The summed E-state index contributed by atoms with van der Waals surface area (Å²) < 4.78 is 37.2. The fourth-order valence-electron chi connectivity index (χ4n) is 1.10. The zero-order chi connectivity index (χ0) is 10.6. The second-order valence-corrected chi connectivity index (χ2v) is 2.81. The van der Waals surface area contributed by atoms with Crippen LogP contribution in [0, 0.1) is 17.1 Å². The van der Waals surface area contributed by atoms with E-state index in [1.807, 2.05) is 6.07 Å². The number of halogens is 3. The molecule has 1 aromatic rings. The molecule has 14 heavy (non-hydrogen) atoms. The van der Waals surface area contributed by atoms with E-state index in [1.54, 1.807) is 0 Å². The van der Waals surface area contributed by atoms with E-state index in [9.17, 15) is 13.2 Å². The predicted molar refractivity (Wildman–Crippen MR) is 45.3 cm³/mol. The van der Waals surface area contributed by atoms with Gasteiger partial charge in [-0.05, 0) is 18.1 Å². The number of benzene rings is 1. The molecule has 0 heterocycles. The summed E-state index contributed by atoms with van der Waals surface area (Å²) in [4.78, 5) is 0. The molecule has 0 saturated heterocycles. The van der Waals surface area contributed by atoms with Crippen molar-refractivity contribution < 1.29 is 13.2 Å². The van der Waals surface area contributed by atoms with Gasteiger partial charge in [-0.25, -0.2) is 13.2 Å². The molecule has 0 saturated carbocycles. The molecule has 0 radical (unpaired) electrons. The minimum absolute atomic E-state index is 0.257. The molecule has 0 fully saturated rings. The summed E-state index contributed by atoms with van der Waals surface area (Å²) in [6.07, 6.45) is -2.15. The highest BCUT2D eigenvalue weighted by atomic mass is 19.3. The Balaban J connectivity index is 2.85. The van der Waals surface area contributed by atoms with Crippen molar-refractivity contribution >= 4 is 0 Å². The average molecular weight is 199 g/mol. The van der Waals surface area contributed by atoms with E-state index in [-0.39, 0.29) is 6.42 Å². The van der Waals surface area contributed by atoms with Crippen LogP contribution in [-0.4, -0.2) is 0 Å². The Labute approximate surface area is 79.8 Å². The van der Waals surface area contributed by atoms with Crippen LogP contribution in [0.2, 0.25) is 0 Å².